The van der Waals surface area contributed by atoms with Crippen LogP contribution in [0.2, 0.25) is 0 Å². The molecule has 3 nitrogen and oxygen atoms in total. The first kappa shape index (κ1) is 10.6. The number of hydrogen-bond donors (Lipinski definition) is 3. The molecule has 0 aliphatic heterocycles. The van der Waals surface area contributed by atoms with Crippen LogP contribution in [0.3, 0.4) is 0 Å². The lowest BCUT2D eigenvalue weighted by atomic mass is 10.1. The van der Waals surface area contributed by atoms with Crippen molar-refractivity contribution < 1.29 is 5.11 Å². The van der Waals surface area contributed by atoms with Gasteiger partial charge in [0.2, 0.25) is 0 Å². The van der Waals surface area contributed by atoms with Crippen LogP contribution in [0.1, 0.15) is 19.8 Å². The second-order valence-electron chi connectivity index (χ2n) is 2.67. The molecule has 0 saturated heterocycles. The summed E-state index contributed by atoms with van der Waals surface area (Å²) in [5, 5.41) is 9.21. The summed E-state index contributed by atoms with van der Waals surface area (Å²) in [6.07, 6.45) is 4.70. The Hall–Kier alpha value is -0.380. The average Bonchev–Trinajstić information content (AvgIpc) is 2.01. The van der Waals surface area contributed by atoms with E-state index in [0.29, 0.717) is 13.0 Å². The molecule has 5 N–H and O–H groups in total. The normalized spacial score (nSPS) is 17.1. The highest BCUT2D eigenvalue weighted by Crippen LogP contribution is 2.00. The van der Waals surface area contributed by atoms with Gasteiger partial charge in [-0.25, -0.2) is 0 Å². The molecule has 0 aromatic carbocycles. The van der Waals surface area contributed by atoms with Crippen molar-refractivity contribution in [2.24, 2.45) is 11.5 Å². The van der Waals surface area contributed by atoms with Crippen LogP contribution in [0.4, 0.5) is 0 Å². The largest absolute Gasteiger partial charge is 0.389 e. The molecule has 0 radical (unpaired) electrons. The zero-order chi connectivity index (χ0) is 8.69. The first-order valence-corrected chi connectivity index (χ1v) is 3.97. The molecule has 0 bridgehead atoms. The molecule has 66 valence electrons. The van der Waals surface area contributed by atoms with E-state index < -0.39 is 0 Å². The van der Waals surface area contributed by atoms with E-state index in [2.05, 4.69) is 0 Å². The van der Waals surface area contributed by atoms with Gasteiger partial charge in [0.25, 0.3) is 0 Å². The summed E-state index contributed by atoms with van der Waals surface area (Å²) in [5.74, 6) is 0. The maximum Gasteiger partial charge on any atom is 0.0721 e. The average molecular weight is 158 g/mol. The Bertz CT molecular complexity index is 115. The summed E-state index contributed by atoms with van der Waals surface area (Å²) in [7, 11) is 0. The van der Waals surface area contributed by atoms with E-state index in [-0.39, 0.29) is 12.1 Å². The van der Waals surface area contributed by atoms with E-state index in [0.717, 1.165) is 6.42 Å². The molecule has 3 heteroatoms. The van der Waals surface area contributed by atoms with Crippen molar-refractivity contribution in [1.29, 1.82) is 0 Å². The standard InChI is InChI=1S/C8H18N2O/c1-2-3-8(11)5-4-7(10)6-9/h2-3,7-8,11H,4-6,9-10H2,1H3/b3-2+. The lowest BCUT2D eigenvalue weighted by molar-refractivity contribution is 0.206. The fourth-order valence-corrected chi connectivity index (χ4v) is 0.821. The first-order valence-electron chi connectivity index (χ1n) is 3.97. The van der Waals surface area contributed by atoms with Crippen molar-refractivity contribution >= 4 is 0 Å². The molecule has 0 aliphatic carbocycles. The van der Waals surface area contributed by atoms with Crippen LogP contribution >= 0.6 is 0 Å². The summed E-state index contributed by atoms with van der Waals surface area (Å²) in [6.45, 7) is 2.37. The van der Waals surface area contributed by atoms with Crippen LogP contribution in [-0.2, 0) is 0 Å². The fourth-order valence-electron chi connectivity index (χ4n) is 0.821. The van der Waals surface area contributed by atoms with Crippen molar-refractivity contribution in [1.82, 2.24) is 0 Å². The molecule has 0 aliphatic rings. The summed E-state index contributed by atoms with van der Waals surface area (Å²) in [5.41, 5.74) is 10.9. The third kappa shape index (κ3) is 6.04. The Morgan fingerprint density at radius 2 is 2.09 bits per heavy atom. The molecule has 2 unspecified atom stereocenters. The first-order chi connectivity index (χ1) is 5.20. The van der Waals surface area contributed by atoms with Crippen LogP contribution < -0.4 is 11.5 Å². The van der Waals surface area contributed by atoms with Crippen LogP contribution in [0, 0.1) is 0 Å². The van der Waals surface area contributed by atoms with Gasteiger partial charge in [0.1, 0.15) is 0 Å². The second-order valence-corrected chi connectivity index (χ2v) is 2.67. The number of nitrogens with two attached hydrogens (primary N) is 2. The number of allylic oxidation sites excluding steroid dienone is 1. The van der Waals surface area contributed by atoms with E-state index in [9.17, 15) is 5.11 Å². The predicted molar refractivity (Wildman–Crippen MR) is 47.1 cm³/mol. The van der Waals surface area contributed by atoms with E-state index in [1.807, 2.05) is 13.0 Å². The lowest BCUT2D eigenvalue weighted by Crippen LogP contribution is -2.30. The summed E-state index contributed by atoms with van der Waals surface area (Å²) >= 11 is 0. The predicted octanol–water partition coefficient (Wildman–Crippen LogP) is -0.0104. The number of hydrogen-bond acceptors (Lipinski definition) is 3. The molecular weight excluding hydrogens is 140 g/mol. The summed E-state index contributed by atoms with van der Waals surface area (Å²) in [4.78, 5) is 0. The van der Waals surface area contributed by atoms with Crippen LogP contribution in [0.15, 0.2) is 12.2 Å². The molecule has 0 aromatic heterocycles. The second kappa shape index (κ2) is 6.34. The quantitative estimate of drug-likeness (QED) is 0.493. The van der Waals surface area contributed by atoms with Gasteiger partial charge in [-0.1, -0.05) is 12.2 Å². The van der Waals surface area contributed by atoms with Gasteiger partial charge in [0.15, 0.2) is 0 Å². The Morgan fingerprint density at radius 3 is 2.55 bits per heavy atom. The number of aliphatic hydroxyl groups excluding tert-OH is 1. The maximum atomic E-state index is 9.21. The van der Waals surface area contributed by atoms with Crippen LogP contribution in [-0.4, -0.2) is 23.8 Å². The summed E-state index contributed by atoms with van der Waals surface area (Å²) < 4.78 is 0. The van der Waals surface area contributed by atoms with Gasteiger partial charge >= 0.3 is 0 Å². The third-order valence-corrected chi connectivity index (χ3v) is 1.55. The van der Waals surface area contributed by atoms with Gasteiger partial charge in [-0.2, -0.15) is 0 Å². The highest BCUT2D eigenvalue weighted by Gasteiger charge is 2.02. The summed E-state index contributed by atoms with van der Waals surface area (Å²) in [6, 6.07) is 0.0231. The van der Waals surface area contributed by atoms with Gasteiger partial charge in [0.05, 0.1) is 6.10 Å². The van der Waals surface area contributed by atoms with Crippen molar-refractivity contribution in [2.45, 2.75) is 31.9 Å². The third-order valence-electron chi connectivity index (χ3n) is 1.55. The maximum absolute atomic E-state index is 9.21. The molecule has 0 rings (SSSR count). The smallest absolute Gasteiger partial charge is 0.0721 e. The monoisotopic (exact) mass is 158 g/mol. The van der Waals surface area contributed by atoms with Crippen molar-refractivity contribution in [3.8, 4) is 0 Å². The molecular formula is C8H18N2O. The highest BCUT2D eigenvalue weighted by atomic mass is 16.3. The molecule has 0 amide bonds. The fraction of sp³-hybridized carbons (Fsp3) is 0.750. The van der Waals surface area contributed by atoms with E-state index in [1.165, 1.54) is 0 Å². The Kier molecular flexibility index (Phi) is 6.12. The Labute approximate surface area is 68.1 Å². The molecule has 0 heterocycles. The molecule has 0 fully saturated rings. The van der Waals surface area contributed by atoms with Gasteiger partial charge in [-0.15, -0.1) is 0 Å². The highest BCUT2D eigenvalue weighted by molar-refractivity contribution is 4.85. The van der Waals surface area contributed by atoms with Gasteiger partial charge < -0.3 is 16.6 Å². The minimum Gasteiger partial charge on any atom is -0.389 e. The Morgan fingerprint density at radius 1 is 1.45 bits per heavy atom. The molecule has 0 spiro atoms. The van der Waals surface area contributed by atoms with Crippen LogP contribution in [0.5, 0.6) is 0 Å². The zero-order valence-electron chi connectivity index (χ0n) is 7.03. The zero-order valence-corrected chi connectivity index (χ0v) is 7.03. The Balaban J connectivity index is 3.37. The van der Waals surface area contributed by atoms with Crippen molar-refractivity contribution in [2.75, 3.05) is 6.54 Å². The number of rotatable bonds is 5. The minimum atomic E-state index is -0.363. The van der Waals surface area contributed by atoms with Gasteiger partial charge in [0, 0.05) is 12.6 Å². The van der Waals surface area contributed by atoms with E-state index >= 15 is 0 Å². The molecule has 11 heavy (non-hydrogen) atoms. The molecule has 0 saturated carbocycles. The van der Waals surface area contributed by atoms with Crippen molar-refractivity contribution in [3.63, 3.8) is 0 Å². The topological polar surface area (TPSA) is 72.3 Å². The molecule has 0 aromatic rings. The SMILES string of the molecule is C/C=C/C(O)CCC(N)CN. The minimum absolute atomic E-state index is 0.0231. The lowest BCUT2D eigenvalue weighted by Gasteiger charge is -2.09. The van der Waals surface area contributed by atoms with E-state index in [4.69, 9.17) is 11.5 Å². The van der Waals surface area contributed by atoms with Gasteiger partial charge in [-0.3, -0.25) is 0 Å². The van der Waals surface area contributed by atoms with E-state index in [1.54, 1.807) is 6.08 Å². The van der Waals surface area contributed by atoms with Crippen molar-refractivity contribution in [3.05, 3.63) is 12.2 Å². The van der Waals surface area contributed by atoms with Crippen LogP contribution in [0.25, 0.3) is 0 Å². The van der Waals surface area contributed by atoms with Gasteiger partial charge in [-0.05, 0) is 19.8 Å². The number of aliphatic hydroxyl groups is 1. The molecule has 2 atom stereocenters.